The first-order valence-corrected chi connectivity index (χ1v) is 6.26. The molecule has 0 aromatic carbocycles. The second-order valence-electron chi connectivity index (χ2n) is 4.56. The molecule has 96 valence electrons. The fraction of sp³-hybridized carbons (Fsp3) is 0.429. The van der Waals surface area contributed by atoms with E-state index in [4.69, 9.17) is 0 Å². The molecule has 1 amide bonds. The number of carbonyl (C=O) groups excluding carboxylic acids is 1. The molecule has 1 unspecified atom stereocenters. The van der Waals surface area contributed by atoms with E-state index in [9.17, 15) is 4.79 Å². The maximum absolute atomic E-state index is 12.4. The minimum absolute atomic E-state index is 0.102. The van der Waals surface area contributed by atoms with E-state index in [1.807, 2.05) is 23.1 Å². The Morgan fingerprint density at radius 3 is 3.06 bits per heavy atom. The summed E-state index contributed by atoms with van der Waals surface area (Å²) in [7, 11) is 1.80. The average molecular weight is 245 g/mol. The Labute approximate surface area is 108 Å². The van der Waals surface area contributed by atoms with Crippen LogP contribution >= 0.6 is 0 Å². The van der Waals surface area contributed by atoms with Crippen molar-refractivity contribution in [3.05, 3.63) is 42.2 Å². The van der Waals surface area contributed by atoms with Crippen molar-refractivity contribution in [3.8, 4) is 0 Å². The van der Waals surface area contributed by atoms with Gasteiger partial charge in [-0.05, 0) is 32.0 Å². The van der Waals surface area contributed by atoms with Crippen LogP contribution in [0.2, 0.25) is 0 Å². The summed E-state index contributed by atoms with van der Waals surface area (Å²) >= 11 is 0. The zero-order valence-electron chi connectivity index (χ0n) is 10.7. The third-order valence-corrected chi connectivity index (χ3v) is 3.26. The van der Waals surface area contributed by atoms with Gasteiger partial charge in [-0.3, -0.25) is 9.78 Å². The van der Waals surface area contributed by atoms with E-state index in [-0.39, 0.29) is 11.9 Å². The Bertz CT molecular complexity index is 430. The Balaban J connectivity index is 2.12. The molecule has 1 N–H and O–H groups in total. The predicted octanol–water partition coefficient (Wildman–Crippen LogP) is 1.35. The van der Waals surface area contributed by atoms with Gasteiger partial charge in [0.15, 0.2) is 0 Å². The number of likely N-dealkylation sites (N-methyl/N-ethyl adjacent to an activating group) is 1. The lowest BCUT2D eigenvalue weighted by Crippen LogP contribution is -2.44. The van der Waals surface area contributed by atoms with Gasteiger partial charge in [0, 0.05) is 12.7 Å². The number of hydrogen-bond acceptors (Lipinski definition) is 3. The van der Waals surface area contributed by atoms with Crippen LogP contribution in [-0.2, 0) is 11.3 Å². The fourth-order valence-electron chi connectivity index (χ4n) is 2.28. The van der Waals surface area contributed by atoms with E-state index in [0.29, 0.717) is 6.54 Å². The average Bonchev–Trinajstić information content (AvgIpc) is 2.51. The van der Waals surface area contributed by atoms with Crippen LogP contribution < -0.4 is 5.32 Å². The molecule has 1 fully saturated rings. The van der Waals surface area contributed by atoms with Crippen molar-refractivity contribution in [2.24, 2.45) is 0 Å². The molecule has 1 aliphatic heterocycles. The van der Waals surface area contributed by atoms with Crippen molar-refractivity contribution >= 4 is 5.91 Å². The normalized spacial score (nSPS) is 20.9. The lowest BCUT2D eigenvalue weighted by molar-refractivity contribution is -0.132. The summed E-state index contributed by atoms with van der Waals surface area (Å²) in [5.41, 5.74) is 1.90. The molecule has 0 saturated carbocycles. The number of hydrogen-bond donors (Lipinski definition) is 1. The van der Waals surface area contributed by atoms with Crippen LogP contribution in [-0.4, -0.2) is 35.4 Å². The van der Waals surface area contributed by atoms with Crippen LogP contribution in [0.15, 0.2) is 36.5 Å². The van der Waals surface area contributed by atoms with Gasteiger partial charge < -0.3 is 10.2 Å². The summed E-state index contributed by atoms with van der Waals surface area (Å²) < 4.78 is 0. The zero-order valence-corrected chi connectivity index (χ0v) is 10.7. The molecule has 0 bridgehead atoms. The number of pyridine rings is 1. The summed E-state index contributed by atoms with van der Waals surface area (Å²) in [5, 5.41) is 3.05. The minimum Gasteiger partial charge on any atom is -0.335 e. The van der Waals surface area contributed by atoms with Crippen LogP contribution in [0, 0.1) is 0 Å². The second-order valence-corrected chi connectivity index (χ2v) is 4.56. The molecular weight excluding hydrogens is 226 g/mol. The van der Waals surface area contributed by atoms with Crippen molar-refractivity contribution < 1.29 is 4.79 Å². The number of nitrogens with zero attached hydrogens (tertiary/aromatic N) is 2. The first-order valence-electron chi connectivity index (χ1n) is 6.26. The Morgan fingerprint density at radius 2 is 2.39 bits per heavy atom. The summed E-state index contributed by atoms with van der Waals surface area (Å²) in [4.78, 5) is 18.5. The van der Waals surface area contributed by atoms with Crippen LogP contribution in [0.1, 0.15) is 18.5 Å². The standard InChI is InChI=1S/C14H19N3O/c1-11-6-5-9-17(14(18)13(11)15-2)10-12-7-3-4-8-16-12/h3-4,7-8,13,15H,1,5-6,9-10H2,2H3. The van der Waals surface area contributed by atoms with Gasteiger partial charge in [0.25, 0.3) is 0 Å². The second kappa shape index (κ2) is 5.78. The summed E-state index contributed by atoms with van der Waals surface area (Å²) in [6, 6.07) is 5.52. The van der Waals surface area contributed by atoms with E-state index in [1.165, 1.54) is 0 Å². The highest BCUT2D eigenvalue weighted by Crippen LogP contribution is 2.17. The molecule has 0 spiro atoms. The number of likely N-dealkylation sites (tertiary alicyclic amines) is 1. The van der Waals surface area contributed by atoms with Crippen LogP contribution in [0.4, 0.5) is 0 Å². The Kier molecular flexibility index (Phi) is 4.10. The highest BCUT2D eigenvalue weighted by atomic mass is 16.2. The van der Waals surface area contributed by atoms with Gasteiger partial charge in [-0.15, -0.1) is 0 Å². The smallest absolute Gasteiger partial charge is 0.244 e. The first kappa shape index (κ1) is 12.8. The number of aromatic nitrogens is 1. The van der Waals surface area contributed by atoms with E-state index in [2.05, 4.69) is 16.9 Å². The molecule has 4 heteroatoms. The van der Waals surface area contributed by atoms with Crippen molar-refractivity contribution in [3.63, 3.8) is 0 Å². The molecule has 0 aliphatic carbocycles. The maximum Gasteiger partial charge on any atom is 0.244 e. The molecule has 1 saturated heterocycles. The van der Waals surface area contributed by atoms with E-state index < -0.39 is 0 Å². The molecule has 4 nitrogen and oxygen atoms in total. The van der Waals surface area contributed by atoms with E-state index in [0.717, 1.165) is 30.7 Å². The Hall–Kier alpha value is -1.68. The predicted molar refractivity (Wildman–Crippen MR) is 70.9 cm³/mol. The van der Waals surface area contributed by atoms with Gasteiger partial charge in [-0.1, -0.05) is 18.2 Å². The highest BCUT2D eigenvalue weighted by molar-refractivity contribution is 5.85. The lowest BCUT2D eigenvalue weighted by Gasteiger charge is -2.24. The quantitative estimate of drug-likeness (QED) is 0.818. The third-order valence-electron chi connectivity index (χ3n) is 3.26. The van der Waals surface area contributed by atoms with Crippen LogP contribution in [0.25, 0.3) is 0 Å². The molecule has 2 heterocycles. The summed E-state index contributed by atoms with van der Waals surface area (Å²) in [6.45, 7) is 5.34. The molecule has 0 radical (unpaired) electrons. The largest absolute Gasteiger partial charge is 0.335 e. The molecular formula is C14H19N3O. The monoisotopic (exact) mass is 245 g/mol. The first-order chi connectivity index (χ1) is 8.72. The van der Waals surface area contributed by atoms with Gasteiger partial charge in [-0.25, -0.2) is 0 Å². The van der Waals surface area contributed by atoms with E-state index in [1.54, 1.807) is 13.2 Å². The van der Waals surface area contributed by atoms with Gasteiger partial charge in [0.1, 0.15) is 6.04 Å². The number of rotatable bonds is 3. The van der Waals surface area contributed by atoms with Crippen molar-refractivity contribution in [1.82, 2.24) is 15.2 Å². The molecule has 1 atom stereocenters. The fourth-order valence-corrected chi connectivity index (χ4v) is 2.28. The molecule has 18 heavy (non-hydrogen) atoms. The summed E-state index contributed by atoms with van der Waals surface area (Å²) in [5.74, 6) is 0.102. The van der Waals surface area contributed by atoms with Gasteiger partial charge in [-0.2, -0.15) is 0 Å². The van der Waals surface area contributed by atoms with Crippen LogP contribution in [0.3, 0.4) is 0 Å². The molecule has 2 rings (SSSR count). The van der Waals surface area contributed by atoms with Crippen molar-refractivity contribution in [1.29, 1.82) is 0 Å². The van der Waals surface area contributed by atoms with Gasteiger partial charge in [0.05, 0.1) is 12.2 Å². The van der Waals surface area contributed by atoms with Crippen molar-refractivity contribution in [2.45, 2.75) is 25.4 Å². The van der Waals surface area contributed by atoms with E-state index >= 15 is 0 Å². The number of amides is 1. The number of carbonyl (C=O) groups is 1. The SMILES string of the molecule is C=C1CCCN(Cc2ccccn2)C(=O)C1NC. The third kappa shape index (κ3) is 2.76. The molecule has 1 aliphatic rings. The van der Waals surface area contributed by atoms with Crippen LogP contribution in [0.5, 0.6) is 0 Å². The maximum atomic E-state index is 12.4. The topological polar surface area (TPSA) is 45.2 Å². The summed E-state index contributed by atoms with van der Waals surface area (Å²) in [6.07, 6.45) is 3.62. The highest BCUT2D eigenvalue weighted by Gasteiger charge is 2.28. The lowest BCUT2D eigenvalue weighted by atomic mass is 10.1. The Morgan fingerprint density at radius 1 is 1.56 bits per heavy atom. The molecule has 1 aromatic rings. The van der Waals surface area contributed by atoms with Crippen molar-refractivity contribution in [2.75, 3.05) is 13.6 Å². The minimum atomic E-state index is -0.254. The molecule has 1 aromatic heterocycles. The van der Waals surface area contributed by atoms with Gasteiger partial charge in [0.2, 0.25) is 5.91 Å². The number of nitrogens with one attached hydrogen (secondary N) is 1. The zero-order chi connectivity index (χ0) is 13.0. The van der Waals surface area contributed by atoms with Gasteiger partial charge >= 0.3 is 0 Å².